The largest absolute Gasteiger partial charge is 0.394 e. The van der Waals surface area contributed by atoms with E-state index in [0.717, 1.165) is 17.7 Å². The number of hydrogen-bond acceptors (Lipinski definition) is 3. The lowest BCUT2D eigenvalue weighted by Crippen LogP contribution is -2.51. The Balaban J connectivity index is 1.82. The number of aryl methyl sites for hydroxylation is 1. The lowest BCUT2D eigenvalue weighted by atomic mass is 9.97. The summed E-state index contributed by atoms with van der Waals surface area (Å²) in [6.07, 6.45) is 2.20. The van der Waals surface area contributed by atoms with E-state index in [-0.39, 0.29) is 12.5 Å². The fourth-order valence-corrected chi connectivity index (χ4v) is 2.83. The van der Waals surface area contributed by atoms with Crippen LogP contribution in [0.25, 0.3) is 0 Å². The molecular weight excluding hydrogens is 258 g/mol. The molecule has 1 amide bonds. The van der Waals surface area contributed by atoms with E-state index in [4.69, 9.17) is 0 Å². The van der Waals surface area contributed by atoms with E-state index in [1.807, 2.05) is 38.1 Å². The Hall–Kier alpha value is -1.00. The molecule has 3 nitrogen and oxygen atoms in total. The number of rotatable bonds is 6. The Kier molecular flexibility index (Phi) is 4.53. The van der Waals surface area contributed by atoms with Gasteiger partial charge in [0.15, 0.2) is 0 Å². The molecule has 1 aliphatic carbocycles. The molecule has 104 valence electrons. The Labute approximate surface area is 118 Å². The van der Waals surface area contributed by atoms with Gasteiger partial charge in [-0.25, -0.2) is 0 Å². The highest BCUT2D eigenvalue weighted by Crippen LogP contribution is 2.39. The van der Waals surface area contributed by atoms with Gasteiger partial charge in [-0.3, -0.25) is 4.79 Å². The third-order valence-corrected chi connectivity index (χ3v) is 4.63. The summed E-state index contributed by atoms with van der Waals surface area (Å²) >= 11 is 1.53. The molecule has 0 bridgehead atoms. The molecule has 1 saturated carbocycles. The molecule has 0 radical (unpaired) electrons. The number of nitrogens with one attached hydrogen (secondary N) is 1. The van der Waals surface area contributed by atoms with Crippen molar-refractivity contribution in [3.05, 3.63) is 29.8 Å². The van der Waals surface area contributed by atoms with Crippen molar-refractivity contribution in [2.75, 3.05) is 12.4 Å². The molecule has 1 aromatic rings. The molecule has 0 aliphatic heterocycles. The van der Waals surface area contributed by atoms with E-state index < -0.39 is 5.54 Å². The molecule has 1 atom stereocenters. The van der Waals surface area contributed by atoms with Crippen molar-refractivity contribution in [1.82, 2.24) is 5.32 Å². The van der Waals surface area contributed by atoms with Gasteiger partial charge in [0.25, 0.3) is 0 Å². The minimum absolute atomic E-state index is 0.00553. The lowest BCUT2D eigenvalue weighted by molar-refractivity contribution is -0.121. The second-order valence-corrected chi connectivity index (χ2v) is 6.55. The van der Waals surface area contributed by atoms with Crippen LogP contribution >= 0.6 is 11.8 Å². The van der Waals surface area contributed by atoms with E-state index in [9.17, 15) is 9.90 Å². The van der Waals surface area contributed by atoms with Gasteiger partial charge in [-0.2, -0.15) is 0 Å². The predicted octanol–water partition coefficient (Wildman–Crippen LogP) is 2.36. The summed E-state index contributed by atoms with van der Waals surface area (Å²) in [7, 11) is 0. The van der Waals surface area contributed by atoms with Crippen molar-refractivity contribution in [3.8, 4) is 0 Å². The highest BCUT2D eigenvalue weighted by atomic mass is 32.2. The van der Waals surface area contributed by atoms with Gasteiger partial charge >= 0.3 is 0 Å². The summed E-state index contributed by atoms with van der Waals surface area (Å²) in [5, 5.41) is 12.4. The Bertz CT molecular complexity index is 442. The Morgan fingerprint density at radius 1 is 1.42 bits per heavy atom. The van der Waals surface area contributed by atoms with Gasteiger partial charge in [-0.05, 0) is 44.7 Å². The molecule has 1 aliphatic rings. The molecule has 4 heteroatoms. The maximum absolute atomic E-state index is 11.9. The smallest absolute Gasteiger partial charge is 0.230 e. The summed E-state index contributed by atoms with van der Waals surface area (Å²) in [6, 6.07) is 8.14. The van der Waals surface area contributed by atoms with E-state index in [1.54, 1.807) is 0 Å². The monoisotopic (exact) mass is 279 g/mol. The SMILES string of the molecule is Cc1ccc(SCC(=O)NC(C)(CO)C2CC2)cc1. The van der Waals surface area contributed by atoms with Gasteiger partial charge in [0.1, 0.15) is 0 Å². The first-order valence-electron chi connectivity index (χ1n) is 6.65. The summed E-state index contributed by atoms with van der Waals surface area (Å²) in [6.45, 7) is 3.99. The Morgan fingerprint density at radius 3 is 2.58 bits per heavy atom. The zero-order valence-electron chi connectivity index (χ0n) is 11.5. The molecule has 1 aromatic carbocycles. The van der Waals surface area contributed by atoms with Crippen LogP contribution in [0.2, 0.25) is 0 Å². The number of amides is 1. The number of thioether (sulfide) groups is 1. The third-order valence-electron chi connectivity index (χ3n) is 3.62. The molecule has 1 fully saturated rings. The van der Waals surface area contributed by atoms with Crippen molar-refractivity contribution in [2.45, 2.75) is 37.1 Å². The molecular formula is C15H21NO2S. The van der Waals surface area contributed by atoms with Gasteiger partial charge < -0.3 is 10.4 Å². The number of aliphatic hydroxyl groups excluding tert-OH is 1. The quantitative estimate of drug-likeness (QED) is 0.786. The summed E-state index contributed by atoms with van der Waals surface area (Å²) in [4.78, 5) is 13.0. The topological polar surface area (TPSA) is 49.3 Å². The summed E-state index contributed by atoms with van der Waals surface area (Å²) in [5.41, 5.74) is 0.778. The highest BCUT2D eigenvalue weighted by Gasteiger charge is 2.41. The third kappa shape index (κ3) is 3.98. The van der Waals surface area contributed by atoms with Crippen LogP contribution < -0.4 is 5.32 Å². The van der Waals surface area contributed by atoms with Gasteiger partial charge in [0, 0.05) is 4.90 Å². The first-order valence-corrected chi connectivity index (χ1v) is 7.63. The fraction of sp³-hybridized carbons (Fsp3) is 0.533. The van der Waals surface area contributed by atoms with Crippen molar-refractivity contribution in [3.63, 3.8) is 0 Å². The second kappa shape index (κ2) is 5.97. The molecule has 0 saturated heterocycles. The molecule has 0 heterocycles. The van der Waals surface area contributed by atoms with Crippen LogP contribution in [0.15, 0.2) is 29.2 Å². The minimum Gasteiger partial charge on any atom is -0.394 e. The average molecular weight is 279 g/mol. The molecule has 19 heavy (non-hydrogen) atoms. The van der Waals surface area contributed by atoms with Gasteiger partial charge in [0.05, 0.1) is 17.9 Å². The van der Waals surface area contributed by atoms with Crippen molar-refractivity contribution in [2.24, 2.45) is 5.92 Å². The zero-order chi connectivity index (χ0) is 13.9. The van der Waals surface area contributed by atoms with Crippen LogP contribution in [-0.4, -0.2) is 28.9 Å². The summed E-state index contributed by atoms with van der Waals surface area (Å²) < 4.78 is 0. The van der Waals surface area contributed by atoms with E-state index >= 15 is 0 Å². The molecule has 2 N–H and O–H groups in total. The van der Waals surface area contributed by atoms with E-state index in [2.05, 4.69) is 5.32 Å². The lowest BCUT2D eigenvalue weighted by Gasteiger charge is -2.28. The van der Waals surface area contributed by atoms with Crippen molar-refractivity contribution < 1.29 is 9.90 Å². The molecule has 0 spiro atoms. The summed E-state index contributed by atoms with van der Waals surface area (Å²) in [5.74, 6) is 0.825. The van der Waals surface area contributed by atoms with Crippen LogP contribution in [0.3, 0.4) is 0 Å². The van der Waals surface area contributed by atoms with Gasteiger partial charge in [0.2, 0.25) is 5.91 Å². The van der Waals surface area contributed by atoms with Crippen molar-refractivity contribution in [1.29, 1.82) is 0 Å². The molecule has 1 unspecified atom stereocenters. The van der Waals surface area contributed by atoms with Crippen LogP contribution in [0.4, 0.5) is 0 Å². The first-order chi connectivity index (χ1) is 9.03. The molecule has 2 rings (SSSR count). The van der Waals surface area contributed by atoms with Gasteiger partial charge in [-0.1, -0.05) is 17.7 Å². The van der Waals surface area contributed by atoms with Gasteiger partial charge in [-0.15, -0.1) is 11.8 Å². The Morgan fingerprint density at radius 2 is 2.05 bits per heavy atom. The van der Waals surface area contributed by atoms with Crippen LogP contribution in [0.5, 0.6) is 0 Å². The second-order valence-electron chi connectivity index (χ2n) is 5.50. The average Bonchev–Trinajstić information content (AvgIpc) is 3.22. The predicted molar refractivity (Wildman–Crippen MR) is 78.3 cm³/mol. The maximum Gasteiger partial charge on any atom is 0.230 e. The number of benzene rings is 1. The van der Waals surface area contributed by atoms with Crippen LogP contribution in [0.1, 0.15) is 25.3 Å². The first kappa shape index (κ1) is 14.4. The highest BCUT2D eigenvalue weighted by molar-refractivity contribution is 8.00. The standard InChI is InChI=1S/C15H21NO2S/c1-11-3-7-13(8-4-11)19-9-14(18)16-15(2,10-17)12-5-6-12/h3-4,7-8,12,17H,5-6,9-10H2,1-2H3,(H,16,18). The number of hydrogen-bond donors (Lipinski definition) is 2. The van der Waals surface area contributed by atoms with Crippen molar-refractivity contribution >= 4 is 17.7 Å². The number of carbonyl (C=O) groups is 1. The zero-order valence-corrected chi connectivity index (χ0v) is 12.3. The fourth-order valence-electron chi connectivity index (χ4n) is 2.13. The van der Waals surface area contributed by atoms with E-state index in [1.165, 1.54) is 17.3 Å². The van der Waals surface area contributed by atoms with Crippen LogP contribution in [-0.2, 0) is 4.79 Å². The maximum atomic E-state index is 11.9. The normalized spacial score (nSPS) is 17.8. The minimum atomic E-state index is -0.440. The van der Waals surface area contributed by atoms with Crippen LogP contribution in [0, 0.1) is 12.8 Å². The number of carbonyl (C=O) groups excluding carboxylic acids is 1. The molecule has 0 aromatic heterocycles. The van der Waals surface area contributed by atoms with E-state index in [0.29, 0.717) is 11.7 Å². The number of aliphatic hydroxyl groups is 1.